The first kappa shape index (κ1) is 13.8. The number of carbonyl (C=O) groups is 1. The Labute approximate surface area is 110 Å². The zero-order valence-electron chi connectivity index (χ0n) is 11.6. The first-order chi connectivity index (χ1) is 8.55. The second kappa shape index (κ2) is 5.57. The fourth-order valence-corrected chi connectivity index (χ4v) is 3.48. The van der Waals surface area contributed by atoms with Crippen molar-refractivity contribution in [2.45, 2.75) is 69.6 Å². The molecular weight excluding hydrogens is 228 g/mol. The largest absolute Gasteiger partial charge is 0.379 e. The van der Waals surface area contributed by atoms with E-state index >= 15 is 0 Å². The number of nitrogens with two attached hydrogens (primary N) is 1. The summed E-state index contributed by atoms with van der Waals surface area (Å²) in [7, 11) is 1.72. The first-order valence-electron chi connectivity index (χ1n) is 7.18. The van der Waals surface area contributed by atoms with Gasteiger partial charge in [-0.05, 0) is 38.0 Å². The lowest BCUT2D eigenvalue weighted by atomic mass is 9.76. The lowest BCUT2D eigenvalue weighted by Crippen LogP contribution is -2.59. The van der Waals surface area contributed by atoms with Gasteiger partial charge in [0.25, 0.3) is 0 Å². The monoisotopic (exact) mass is 254 g/mol. The molecule has 4 atom stereocenters. The summed E-state index contributed by atoms with van der Waals surface area (Å²) in [4.78, 5) is 12.4. The number of ether oxygens (including phenoxy) is 1. The van der Waals surface area contributed by atoms with Crippen LogP contribution in [0.25, 0.3) is 0 Å². The van der Waals surface area contributed by atoms with E-state index in [0.29, 0.717) is 5.92 Å². The van der Waals surface area contributed by atoms with Crippen molar-refractivity contribution in [1.82, 2.24) is 5.32 Å². The van der Waals surface area contributed by atoms with E-state index in [-0.39, 0.29) is 18.1 Å². The molecule has 2 aliphatic carbocycles. The van der Waals surface area contributed by atoms with Gasteiger partial charge in [0.15, 0.2) is 0 Å². The van der Waals surface area contributed by atoms with E-state index in [1.165, 1.54) is 6.42 Å². The fraction of sp³-hybridized carbons (Fsp3) is 0.929. The summed E-state index contributed by atoms with van der Waals surface area (Å²) in [5.74, 6) is 0.583. The maximum atomic E-state index is 12.4. The first-order valence-corrected chi connectivity index (χ1v) is 7.18. The number of hydrogen-bond donors (Lipinski definition) is 2. The Bertz CT molecular complexity index is 308. The minimum atomic E-state index is -0.654. The third kappa shape index (κ3) is 2.86. The molecule has 1 amide bonds. The van der Waals surface area contributed by atoms with E-state index < -0.39 is 5.54 Å². The molecular formula is C14H26N2O2. The molecule has 4 nitrogen and oxygen atoms in total. The Morgan fingerprint density at radius 1 is 1.33 bits per heavy atom. The van der Waals surface area contributed by atoms with E-state index in [0.717, 1.165) is 38.5 Å². The number of amides is 1. The summed E-state index contributed by atoms with van der Waals surface area (Å²) in [6, 6.07) is 0.153. The summed E-state index contributed by atoms with van der Waals surface area (Å²) >= 11 is 0. The van der Waals surface area contributed by atoms with Gasteiger partial charge >= 0.3 is 0 Å². The molecule has 0 radical (unpaired) electrons. The molecule has 2 rings (SSSR count). The van der Waals surface area contributed by atoms with E-state index in [1.807, 2.05) is 0 Å². The van der Waals surface area contributed by atoms with E-state index in [2.05, 4.69) is 12.2 Å². The van der Waals surface area contributed by atoms with Crippen molar-refractivity contribution in [3.8, 4) is 0 Å². The Morgan fingerprint density at radius 3 is 2.78 bits per heavy atom. The lowest BCUT2D eigenvalue weighted by Gasteiger charge is -2.36. The van der Waals surface area contributed by atoms with Gasteiger partial charge in [0.1, 0.15) is 0 Å². The van der Waals surface area contributed by atoms with Crippen LogP contribution in [-0.4, -0.2) is 30.7 Å². The molecule has 2 aliphatic rings. The third-order valence-electron chi connectivity index (χ3n) is 4.56. The van der Waals surface area contributed by atoms with Gasteiger partial charge in [-0.25, -0.2) is 0 Å². The maximum absolute atomic E-state index is 12.4. The molecule has 0 aliphatic heterocycles. The van der Waals surface area contributed by atoms with Crippen LogP contribution in [0.5, 0.6) is 0 Å². The number of carbonyl (C=O) groups excluding carboxylic acids is 1. The van der Waals surface area contributed by atoms with Gasteiger partial charge in [-0.2, -0.15) is 0 Å². The molecule has 0 aromatic heterocycles. The van der Waals surface area contributed by atoms with Gasteiger partial charge in [-0.3, -0.25) is 4.79 Å². The average molecular weight is 254 g/mol. The van der Waals surface area contributed by atoms with Crippen LogP contribution in [-0.2, 0) is 9.53 Å². The van der Waals surface area contributed by atoms with Crippen molar-refractivity contribution in [3.63, 3.8) is 0 Å². The molecule has 0 aromatic rings. The van der Waals surface area contributed by atoms with Crippen LogP contribution >= 0.6 is 0 Å². The van der Waals surface area contributed by atoms with E-state index in [4.69, 9.17) is 10.5 Å². The summed E-state index contributed by atoms with van der Waals surface area (Å²) < 4.78 is 5.41. The fourth-order valence-electron chi connectivity index (χ4n) is 3.48. The second-order valence-electron chi connectivity index (χ2n) is 6.14. The van der Waals surface area contributed by atoms with Crippen LogP contribution in [0.1, 0.15) is 51.9 Å². The third-order valence-corrected chi connectivity index (χ3v) is 4.56. The highest BCUT2D eigenvalue weighted by Gasteiger charge is 2.40. The van der Waals surface area contributed by atoms with Gasteiger partial charge < -0.3 is 15.8 Å². The van der Waals surface area contributed by atoms with Crippen molar-refractivity contribution >= 4 is 5.91 Å². The van der Waals surface area contributed by atoms with Crippen LogP contribution in [0, 0.1) is 5.92 Å². The quantitative estimate of drug-likeness (QED) is 0.803. The number of methoxy groups -OCH3 is 1. The molecule has 2 saturated carbocycles. The van der Waals surface area contributed by atoms with Crippen LogP contribution in [0.4, 0.5) is 0 Å². The van der Waals surface area contributed by atoms with Crippen molar-refractivity contribution in [2.24, 2.45) is 11.7 Å². The molecule has 4 heteroatoms. The summed E-state index contributed by atoms with van der Waals surface area (Å²) in [5.41, 5.74) is 5.65. The van der Waals surface area contributed by atoms with Crippen LogP contribution in [0.3, 0.4) is 0 Å². The molecule has 0 aromatic carbocycles. The minimum absolute atomic E-state index is 0.0306. The molecule has 4 unspecified atom stereocenters. The smallest absolute Gasteiger partial charge is 0.240 e. The van der Waals surface area contributed by atoms with Crippen molar-refractivity contribution < 1.29 is 9.53 Å². The Kier molecular flexibility index (Phi) is 4.28. The zero-order valence-corrected chi connectivity index (χ0v) is 11.6. The van der Waals surface area contributed by atoms with Crippen LogP contribution in [0.2, 0.25) is 0 Å². The molecule has 18 heavy (non-hydrogen) atoms. The highest BCUT2D eigenvalue weighted by molar-refractivity contribution is 5.86. The Hall–Kier alpha value is -0.610. The Morgan fingerprint density at radius 2 is 2.11 bits per heavy atom. The number of rotatable bonds is 3. The number of hydrogen-bond acceptors (Lipinski definition) is 3. The molecule has 0 spiro atoms. The SMILES string of the molecule is COC1CCCC1NC(=O)C1(N)CCCC(C)C1. The zero-order chi connectivity index (χ0) is 13.2. The van der Waals surface area contributed by atoms with Gasteiger partial charge in [0.2, 0.25) is 5.91 Å². The maximum Gasteiger partial charge on any atom is 0.240 e. The van der Waals surface area contributed by atoms with Gasteiger partial charge in [0, 0.05) is 7.11 Å². The summed E-state index contributed by atoms with van der Waals surface area (Å²) in [5, 5.41) is 3.12. The molecule has 0 bridgehead atoms. The van der Waals surface area contributed by atoms with E-state index in [9.17, 15) is 4.79 Å². The summed E-state index contributed by atoms with van der Waals surface area (Å²) in [6.07, 6.45) is 7.21. The van der Waals surface area contributed by atoms with E-state index in [1.54, 1.807) is 7.11 Å². The average Bonchev–Trinajstić information content (AvgIpc) is 2.76. The lowest BCUT2D eigenvalue weighted by molar-refractivity contribution is -0.129. The topological polar surface area (TPSA) is 64.3 Å². The molecule has 3 N–H and O–H groups in total. The normalized spacial score (nSPS) is 40.7. The van der Waals surface area contributed by atoms with Crippen LogP contribution < -0.4 is 11.1 Å². The molecule has 2 fully saturated rings. The molecule has 0 heterocycles. The summed E-state index contributed by atoms with van der Waals surface area (Å²) in [6.45, 7) is 2.18. The Balaban J connectivity index is 1.94. The predicted molar refractivity (Wildman–Crippen MR) is 71.1 cm³/mol. The highest BCUT2D eigenvalue weighted by Crippen LogP contribution is 2.31. The van der Waals surface area contributed by atoms with Crippen molar-refractivity contribution in [2.75, 3.05) is 7.11 Å². The predicted octanol–water partition coefficient (Wildman–Crippen LogP) is 1.58. The minimum Gasteiger partial charge on any atom is -0.379 e. The highest BCUT2D eigenvalue weighted by atomic mass is 16.5. The van der Waals surface area contributed by atoms with Gasteiger partial charge in [-0.15, -0.1) is 0 Å². The standard InChI is InChI=1S/C14H26N2O2/c1-10-5-4-8-14(15,9-10)13(17)16-11-6-3-7-12(11)18-2/h10-12H,3-9,15H2,1-2H3,(H,16,17). The molecule has 104 valence electrons. The number of nitrogens with one attached hydrogen (secondary N) is 1. The van der Waals surface area contributed by atoms with Crippen molar-refractivity contribution in [3.05, 3.63) is 0 Å². The van der Waals surface area contributed by atoms with Crippen LogP contribution in [0.15, 0.2) is 0 Å². The molecule has 0 saturated heterocycles. The second-order valence-corrected chi connectivity index (χ2v) is 6.14. The van der Waals surface area contributed by atoms with Gasteiger partial charge in [0.05, 0.1) is 17.7 Å². The van der Waals surface area contributed by atoms with Crippen molar-refractivity contribution in [1.29, 1.82) is 0 Å². The van der Waals surface area contributed by atoms with Gasteiger partial charge in [-0.1, -0.05) is 19.8 Å².